The van der Waals surface area contributed by atoms with Crippen LogP contribution in [-0.2, 0) is 4.79 Å². The summed E-state index contributed by atoms with van der Waals surface area (Å²) in [5, 5.41) is 10.5. The van der Waals surface area contributed by atoms with Crippen molar-refractivity contribution in [2.24, 2.45) is 5.10 Å². The number of carbonyl (C=O) groups excluding carboxylic acids is 1. The van der Waals surface area contributed by atoms with Gasteiger partial charge in [0, 0.05) is 16.9 Å². The summed E-state index contributed by atoms with van der Waals surface area (Å²) in [5.74, 6) is 1.10. The van der Waals surface area contributed by atoms with Crippen molar-refractivity contribution in [1.82, 2.24) is 9.97 Å². The lowest BCUT2D eigenvalue weighted by Crippen LogP contribution is -2.07. The summed E-state index contributed by atoms with van der Waals surface area (Å²) in [5.41, 5.74) is 5.76. The zero-order valence-electron chi connectivity index (χ0n) is 17.0. The second kappa shape index (κ2) is 10.2. The van der Waals surface area contributed by atoms with Crippen LogP contribution < -0.4 is 20.8 Å². The Balaban J connectivity index is 1.75. The lowest BCUT2D eigenvalue weighted by molar-refractivity contribution is -0.111. The van der Waals surface area contributed by atoms with Gasteiger partial charge >= 0.3 is 0 Å². The molecule has 0 bridgehead atoms. The number of aromatic nitrogens is 2. The SMILES string of the molecule is C=CC(=O)Nc1cccc(Nc2nc(N/N=C(\C)c3cccc(OC)c3)ncc2Cl)c1. The minimum Gasteiger partial charge on any atom is -0.497 e. The topological polar surface area (TPSA) is 101 Å². The van der Waals surface area contributed by atoms with Crippen LogP contribution in [0, 0.1) is 0 Å². The highest BCUT2D eigenvalue weighted by Gasteiger charge is 2.07. The lowest BCUT2D eigenvalue weighted by atomic mass is 10.1. The fraction of sp³-hybridized carbons (Fsp3) is 0.0909. The van der Waals surface area contributed by atoms with Crippen LogP contribution in [0.5, 0.6) is 5.75 Å². The average Bonchev–Trinajstić information content (AvgIpc) is 2.79. The van der Waals surface area contributed by atoms with Gasteiger partial charge < -0.3 is 15.4 Å². The van der Waals surface area contributed by atoms with Crippen molar-refractivity contribution in [1.29, 1.82) is 0 Å². The van der Waals surface area contributed by atoms with Gasteiger partial charge in [-0.2, -0.15) is 10.1 Å². The Morgan fingerprint density at radius 1 is 1.19 bits per heavy atom. The zero-order valence-corrected chi connectivity index (χ0v) is 17.8. The predicted octanol–water partition coefficient (Wildman–Crippen LogP) is 4.84. The molecule has 0 saturated carbocycles. The molecular formula is C22H21ClN6O2. The van der Waals surface area contributed by atoms with Crippen LogP contribution in [0.3, 0.4) is 0 Å². The molecule has 31 heavy (non-hydrogen) atoms. The molecule has 0 radical (unpaired) electrons. The molecule has 0 unspecified atom stereocenters. The minimum atomic E-state index is -0.298. The number of hydrogen-bond donors (Lipinski definition) is 3. The Morgan fingerprint density at radius 2 is 1.97 bits per heavy atom. The molecule has 0 aliphatic rings. The van der Waals surface area contributed by atoms with E-state index in [1.807, 2.05) is 37.3 Å². The highest BCUT2D eigenvalue weighted by Crippen LogP contribution is 2.25. The monoisotopic (exact) mass is 436 g/mol. The smallest absolute Gasteiger partial charge is 0.247 e. The Bertz CT molecular complexity index is 1130. The second-order valence-electron chi connectivity index (χ2n) is 6.33. The van der Waals surface area contributed by atoms with Crippen molar-refractivity contribution < 1.29 is 9.53 Å². The number of ether oxygens (including phenoxy) is 1. The van der Waals surface area contributed by atoms with Gasteiger partial charge in [0.2, 0.25) is 11.9 Å². The first-order valence-electron chi connectivity index (χ1n) is 9.26. The fourth-order valence-electron chi connectivity index (χ4n) is 2.56. The van der Waals surface area contributed by atoms with E-state index in [1.54, 1.807) is 25.3 Å². The van der Waals surface area contributed by atoms with Gasteiger partial charge in [0.25, 0.3) is 0 Å². The van der Waals surface area contributed by atoms with Gasteiger partial charge in [-0.05, 0) is 43.3 Å². The van der Waals surface area contributed by atoms with E-state index >= 15 is 0 Å². The number of nitrogens with zero attached hydrogens (tertiary/aromatic N) is 3. The third-order valence-corrected chi connectivity index (χ3v) is 4.41. The molecule has 3 N–H and O–H groups in total. The molecular weight excluding hydrogens is 416 g/mol. The summed E-state index contributed by atoms with van der Waals surface area (Å²) in [7, 11) is 1.61. The molecule has 158 valence electrons. The third kappa shape index (κ3) is 6.03. The van der Waals surface area contributed by atoms with Gasteiger partial charge in [-0.25, -0.2) is 10.4 Å². The van der Waals surface area contributed by atoms with Crippen LogP contribution in [-0.4, -0.2) is 28.7 Å². The summed E-state index contributed by atoms with van der Waals surface area (Å²) in [6.45, 7) is 5.30. The Kier molecular flexibility index (Phi) is 7.18. The number of halogens is 1. The summed E-state index contributed by atoms with van der Waals surface area (Å²) >= 11 is 6.24. The molecule has 2 aromatic carbocycles. The Labute approximate surface area is 185 Å². The molecule has 1 heterocycles. The summed E-state index contributed by atoms with van der Waals surface area (Å²) in [4.78, 5) is 20.0. The highest BCUT2D eigenvalue weighted by atomic mass is 35.5. The molecule has 0 fully saturated rings. The number of nitrogens with one attached hydrogen (secondary N) is 3. The van der Waals surface area contributed by atoms with E-state index in [1.165, 1.54) is 12.3 Å². The predicted molar refractivity (Wildman–Crippen MR) is 124 cm³/mol. The van der Waals surface area contributed by atoms with Crippen molar-refractivity contribution in [3.05, 3.63) is 78.0 Å². The van der Waals surface area contributed by atoms with Crippen LogP contribution in [0.25, 0.3) is 0 Å². The lowest BCUT2D eigenvalue weighted by Gasteiger charge is -2.10. The van der Waals surface area contributed by atoms with E-state index in [9.17, 15) is 4.79 Å². The van der Waals surface area contributed by atoms with E-state index in [0.717, 1.165) is 17.0 Å². The van der Waals surface area contributed by atoms with Crippen LogP contribution in [0.1, 0.15) is 12.5 Å². The van der Waals surface area contributed by atoms with Crippen molar-refractivity contribution in [2.75, 3.05) is 23.2 Å². The summed E-state index contributed by atoms with van der Waals surface area (Å²) in [6, 6.07) is 14.7. The summed E-state index contributed by atoms with van der Waals surface area (Å²) in [6.07, 6.45) is 2.67. The quantitative estimate of drug-likeness (QED) is 0.265. The van der Waals surface area contributed by atoms with Crippen LogP contribution in [0.15, 0.2) is 72.5 Å². The molecule has 0 atom stereocenters. The van der Waals surface area contributed by atoms with E-state index in [-0.39, 0.29) is 11.9 Å². The number of benzene rings is 2. The highest BCUT2D eigenvalue weighted by molar-refractivity contribution is 6.32. The number of hydrogen-bond acceptors (Lipinski definition) is 7. The molecule has 0 aliphatic heterocycles. The molecule has 1 aromatic heterocycles. The van der Waals surface area contributed by atoms with E-state index < -0.39 is 0 Å². The third-order valence-electron chi connectivity index (χ3n) is 4.13. The van der Waals surface area contributed by atoms with E-state index in [4.69, 9.17) is 16.3 Å². The van der Waals surface area contributed by atoms with Gasteiger partial charge in [0.1, 0.15) is 10.8 Å². The average molecular weight is 437 g/mol. The standard InChI is InChI=1S/C22H21ClN6O2/c1-4-20(30)25-16-8-6-9-17(12-16)26-21-19(23)13-24-22(27-21)29-28-14(2)15-7-5-10-18(11-15)31-3/h4-13H,1H2,2-3H3,(H,25,30)(H2,24,26,27,29)/b28-14+. The zero-order chi connectivity index (χ0) is 22.2. The van der Waals surface area contributed by atoms with Gasteiger partial charge in [-0.1, -0.05) is 36.4 Å². The van der Waals surface area contributed by atoms with Gasteiger partial charge in [0.15, 0.2) is 5.82 Å². The fourth-order valence-corrected chi connectivity index (χ4v) is 2.70. The van der Waals surface area contributed by atoms with E-state index in [2.05, 4.69) is 37.7 Å². The van der Waals surface area contributed by atoms with Crippen LogP contribution in [0.4, 0.5) is 23.1 Å². The maximum atomic E-state index is 11.5. The largest absolute Gasteiger partial charge is 0.497 e. The van der Waals surface area contributed by atoms with Gasteiger partial charge in [0.05, 0.1) is 19.0 Å². The Hall–Kier alpha value is -3.91. The number of methoxy groups -OCH3 is 1. The number of carbonyl (C=O) groups is 1. The van der Waals surface area contributed by atoms with Gasteiger partial charge in [-0.3, -0.25) is 4.79 Å². The molecule has 0 spiro atoms. The maximum absolute atomic E-state index is 11.5. The first-order valence-corrected chi connectivity index (χ1v) is 9.64. The van der Waals surface area contributed by atoms with Crippen molar-refractivity contribution in [2.45, 2.75) is 6.92 Å². The molecule has 3 rings (SSSR count). The number of amides is 1. The first kappa shape index (κ1) is 21.8. The molecule has 9 heteroatoms. The maximum Gasteiger partial charge on any atom is 0.247 e. The van der Waals surface area contributed by atoms with Crippen molar-refractivity contribution >= 4 is 46.4 Å². The number of hydrazone groups is 1. The van der Waals surface area contributed by atoms with Crippen LogP contribution >= 0.6 is 11.6 Å². The first-order chi connectivity index (χ1) is 15.0. The summed E-state index contributed by atoms with van der Waals surface area (Å²) < 4.78 is 5.24. The molecule has 0 aliphatic carbocycles. The van der Waals surface area contributed by atoms with Crippen molar-refractivity contribution in [3.8, 4) is 5.75 Å². The minimum absolute atomic E-state index is 0.269. The normalized spacial score (nSPS) is 10.9. The Morgan fingerprint density at radius 3 is 2.74 bits per heavy atom. The molecule has 0 saturated heterocycles. The number of rotatable bonds is 8. The van der Waals surface area contributed by atoms with Gasteiger partial charge in [-0.15, -0.1) is 0 Å². The molecule has 1 amide bonds. The van der Waals surface area contributed by atoms with Crippen molar-refractivity contribution in [3.63, 3.8) is 0 Å². The molecule has 3 aromatic rings. The number of anilines is 4. The van der Waals surface area contributed by atoms with Crippen LogP contribution in [0.2, 0.25) is 5.02 Å². The van der Waals surface area contributed by atoms with E-state index in [0.29, 0.717) is 22.2 Å². The molecule has 8 nitrogen and oxygen atoms in total. The second-order valence-corrected chi connectivity index (χ2v) is 6.74.